The number of methoxy groups -OCH3 is 2. The fourth-order valence-electron chi connectivity index (χ4n) is 2.61. The molecule has 2 aromatic rings. The van der Waals surface area contributed by atoms with Gasteiger partial charge in [0.1, 0.15) is 11.5 Å². The summed E-state index contributed by atoms with van der Waals surface area (Å²) < 4.78 is 10.4. The summed E-state index contributed by atoms with van der Waals surface area (Å²) in [5.74, 6) is 1.14. The molecule has 0 saturated heterocycles. The van der Waals surface area contributed by atoms with E-state index in [2.05, 4.69) is 10.6 Å². The lowest BCUT2D eigenvalue weighted by molar-refractivity contribution is -0.116. The van der Waals surface area contributed by atoms with Crippen LogP contribution in [0.1, 0.15) is 32.1 Å². The molecule has 0 unspecified atom stereocenters. The standard InChI is InChI=1S/C21H26N2O4/c1-26-17-13-14-18(19(15-17)27-2)23-21(25)12-8-4-7-11-20(24)22-16-9-5-3-6-10-16/h3,5-6,9-10,13-15H,4,7-8,11-12H2,1-2H3,(H,22,24)(H,23,25). The van der Waals surface area contributed by atoms with Gasteiger partial charge in [0, 0.05) is 24.6 Å². The number of carbonyl (C=O) groups excluding carboxylic acids is 2. The van der Waals surface area contributed by atoms with Gasteiger partial charge in [-0.25, -0.2) is 0 Å². The van der Waals surface area contributed by atoms with Gasteiger partial charge in [0.15, 0.2) is 0 Å². The Labute approximate surface area is 159 Å². The lowest BCUT2D eigenvalue weighted by Crippen LogP contribution is -2.13. The maximum Gasteiger partial charge on any atom is 0.224 e. The van der Waals surface area contributed by atoms with Crippen LogP contribution in [-0.4, -0.2) is 26.0 Å². The predicted molar refractivity (Wildman–Crippen MR) is 106 cm³/mol. The molecule has 0 aliphatic heterocycles. The first-order chi connectivity index (χ1) is 13.1. The molecule has 0 saturated carbocycles. The fourth-order valence-corrected chi connectivity index (χ4v) is 2.61. The van der Waals surface area contributed by atoms with Crippen LogP contribution in [0.25, 0.3) is 0 Å². The average Bonchev–Trinajstić information content (AvgIpc) is 2.68. The minimum absolute atomic E-state index is 0.00591. The Bertz CT molecular complexity index is 747. The van der Waals surface area contributed by atoms with Crippen molar-refractivity contribution in [2.45, 2.75) is 32.1 Å². The van der Waals surface area contributed by atoms with Crippen molar-refractivity contribution in [2.24, 2.45) is 0 Å². The molecule has 0 fully saturated rings. The monoisotopic (exact) mass is 370 g/mol. The van der Waals surface area contributed by atoms with Crippen LogP contribution in [0.3, 0.4) is 0 Å². The number of amides is 2. The van der Waals surface area contributed by atoms with E-state index in [0.717, 1.165) is 24.9 Å². The number of hydrogen-bond donors (Lipinski definition) is 2. The third kappa shape index (κ3) is 7.01. The zero-order chi connectivity index (χ0) is 19.5. The number of benzene rings is 2. The van der Waals surface area contributed by atoms with E-state index in [1.54, 1.807) is 32.4 Å². The number of hydrogen-bond acceptors (Lipinski definition) is 4. The highest BCUT2D eigenvalue weighted by molar-refractivity contribution is 5.92. The zero-order valence-electron chi connectivity index (χ0n) is 15.8. The third-order valence-electron chi connectivity index (χ3n) is 4.05. The first kappa shape index (κ1) is 20.3. The molecule has 0 bridgehead atoms. The number of para-hydroxylation sites is 1. The number of nitrogens with one attached hydrogen (secondary N) is 2. The predicted octanol–water partition coefficient (Wildman–Crippen LogP) is 4.23. The summed E-state index contributed by atoms with van der Waals surface area (Å²) in [6, 6.07) is 14.6. The van der Waals surface area contributed by atoms with Crippen molar-refractivity contribution in [3.05, 3.63) is 48.5 Å². The molecule has 6 heteroatoms. The number of carbonyl (C=O) groups is 2. The molecule has 0 heterocycles. The van der Waals surface area contributed by atoms with Crippen LogP contribution in [0.4, 0.5) is 11.4 Å². The van der Waals surface area contributed by atoms with E-state index in [9.17, 15) is 9.59 Å². The van der Waals surface area contributed by atoms with E-state index in [1.165, 1.54) is 0 Å². The third-order valence-corrected chi connectivity index (χ3v) is 4.05. The van der Waals surface area contributed by atoms with Crippen molar-refractivity contribution in [1.29, 1.82) is 0 Å². The van der Waals surface area contributed by atoms with E-state index >= 15 is 0 Å². The molecule has 2 N–H and O–H groups in total. The van der Waals surface area contributed by atoms with Crippen LogP contribution in [0, 0.1) is 0 Å². The molecule has 6 nitrogen and oxygen atoms in total. The highest BCUT2D eigenvalue weighted by Gasteiger charge is 2.09. The molecule has 0 radical (unpaired) electrons. The molecule has 0 aromatic heterocycles. The Morgan fingerprint density at radius 2 is 1.48 bits per heavy atom. The van der Waals surface area contributed by atoms with Crippen LogP contribution in [0.5, 0.6) is 11.5 Å². The molecule has 2 aromatic carbocycles. The van der Waals surface area contributed by atoms with Crippen molar-refractivity contribution in [3.8, 4) is 11.5 Å². The van der Waals surface area contributed by atoms with E-state index < -0.39 is 0 Å². The SMILES string of the molecule is COc1ccc(NC(=O)CCCCCC(=O)Nc2ccccc2)c(OC)c1. The minimum atomic E-state index is -0.0767. The molecule has 2 amide bonds. The smallest absolute Gasteiger partial charge is 0.224 e. The van der Waals surface area contributed by atoms with Crippen molar-refractivity contribution >= 4 is 23.2 Å². The summed E-state index contributed by atoms with van der Waals surface area (Å²) in [4.78, 5) is 24.0. The number of ether oxygens (including phenoxy) is 2. The highest BCUT2D eigenvalue weighted by Crippen LogP contribution is 2.29. The van der Waals surface area contributed by atoms with Gasteiger partial charge in [-0.05, 0) is 37.1 Å². The molecule has 144 valence electrons. The molecule has 0 atom stereocenters. The quantitative estimate of drug-likeness (QED) is 0.614. The van der Waals surface area contributed by atoms with Crippen molar-refractivity contribution in [3.63, 3.8) is 0 Å². The second-order valence-electron chi connectivity index (χ2n) is 6.09. The average molecular weight is 370 g/mol. The van der Waals surface area contributed by atoms with Gasteiger partial charge >= 0.3 is 0 Å². The van der Waals surface area contributed by atoms with Gasteiger partial charge in [-0.2, -0.15) is 0 Å². The van der Waals surface area contributed by atoms with Crippen LogP contribution >= 0.6 is 0 Å². The first-order valence-corrected chi connectivity index (χ1v) is 8.99. The van der Waals surface area contributed by atoms with Crippen LogP contribution in [0.2, 0.25) is 0 Å². The summed E-state index contributed by atoms with van der Waals surface area (Å²) in [7, 11) is 3.12. The summed E-state index contributed by atoms with van der Waals surface area (Å²) in [6.45, 7) is 0. The summed E-state index contributed by atoms with van der Waals surface area (Å²) >= 11 is 0. The number of unbranched alkanes of at least 4 members (excludes halogenated alkanes) is 2. The molecular weight excluding hydrogens is 344 g/mol. The Balaban J connectivity index is 1.65. The van der Waals surface area contributed by atoms with E-state index in [1.807, 2.05) is 30.3 Å². The molecule has 27 heavy (non-hydrogen) atoms. The van der Waals surface area contributed by atoms with E-state index in [-0.39, 0.29) is 11.8 Å². The van der Waals surface area contributed by atoms with Gasteiger partial charge < -0.3 is 20.1 Å². The van der Waals surface area contributed by atoms with E-state index in [0.29, 0.717) is 30.0 Å². The fraction of sp³-hybridized carbons (Fsp3) is 0.333. The van der Waals surface area contributed by atoms with Crippen LogP contribution < -0.4 is 20.1 Å². The molecule has 2 rings (SSSR count). The maximum absolute atomic E-state index is 12.1. The van der Waals surface area contributed by atoms with Crippen molar-refractivity contribution < 1.29 is 19.1 Å². The molecular formula is C21H26N2O4. The lowest BCUT2D eigenvalue weighted by Gasteiger charge is -2.11. The highest BCUT2D eigenvalue weighted by atomic mass is 16.5. The van der Waals surface area contributed by atoms with Crippen molar-refractivity contribution in [2.75, 3.05) is 24.9 Å². The Morgan fingerprint density at radius 3 is 2.11 bits per heavy atom. The summed E-state index contributed by atoms with van der Waals surface area (Å²) in [6.07, 6.45) is 3.13. The van der Waals surface area contributed by atoms with Gasteiger partial charge in [0.25, 0.3) is 0 Å². The summed E-state index contributed by atoms with van der Waals surface area (Å²) in [5.41, 5.74) is 1.42. The van der Waals surface area contributed by atoms with Crippen LogP contribution in [-0.2, 0) is 9.59 Å². The van der Waals surface area contributed by atoms with Gasteiger partial charge in [-0.15, -0.1) is 0 Å². The molecule has 0 aliphatic rings. The van der Waals surface area contributed by atoms with Gasteiger partial charge in [0.2, 0.25) is 11.8 Å². The van der Waals surface area contributed by atoms with Crippen molar-refractivity contribution in [1.82, 2.24) is 0 Å². The summed E-state index contributed by atoms with van der Waals surface area (Å²) in [5, 5.41) is 5.70. The topological polar surface area (TPSA) is 76.7 Å². The zero-order valence-corrected chi connectivity index (χ0v) is 15.8. The number of rotatable bonds is 10. The Kier molecular flexibility index (Phi) is 8.16. The van der Waals surface area contributed by atoms with Crippen LogP contribution in [0.15, 0.2) is 48.5 Å². The van der Waals surface area contributed by atoms with E-state index in [4.69, 9.17) is 9.47 Å². The second-order valence-corrected chi connectivity index (χ2v) is 6.09. The Morgan fingerprint density at radius 1 is 0.815 bits per heavy atom. The van der Waals surface area contributed by atoms with Gasteiger partial charge in [0.05, 0.1) is 19.9 Å². The lowest BCUT2D eigenvalue weighted by atomic mass is 10.1. The first-order valence-electron chi connectivity index (χ1n) is 8.99. The molecule has 0 spiro atoms. The second kappa shape index (κ2) is 10.9. The largest absolute Gasteiger partial charge is 0.497 e. The number of anilines is 2. The molecule has 0 aliphatic carbocycles. The Hall–Kier alpha value is -3.02. The normalized spacial score (nSPS) is 10.1. The van der Waals surface area contributed by atoms with Gasteiger partial charge in [-0.1, -0.05) is 24.6 Å². The maximum atomic E-state index is 12.1. The minimum Gasteiger partial charge on any atom is -0.497 e. The van der Waals surface area contributed by atoms with Gasteiger partial charge in [-0.3, -0.25) is 9.59 Å².